The van der Waals surface area contributed by atoms with E-state index in [2.05, 4.69) is 0 Å². The number of rotatable bonds is 5. The van der Waals surface area contributed by atoms with Gasteiger partial charge < -0.3 is 16.2 Å². The number of hydrogen-bond acceptors (Lipinski definition) is 3. The molecule has 0 heterocycles. The highest BCUT2D eigenvalue weighted by Crippen LogP contribution is 2.15. The lowest BCUT2D eigenvalue weighted by atomic mass is 10.1. The van der Waals surface area contributed by atoms with Crippen molar-refractivity contribution in [1.29, 1.82) is 0 Å². The molecule has 0 fully saturated rings. The number of primary amides is 1. The van der Waals surface area contributed by atoms with Gasteiger partial charge in [0, 0.05) is 12.1 Å². The zero-order valence-corrected chi connectivity index (χ0v) is 9.82. The molecule has 0 saturated carbocycles. The SMILES string of the molecule is NC(=O)[C@@H](CC(=O)O)NC(=O)c1c(F)cc(F)cc1F. The molecule has 6 nitrogen and oxygen atoms in total. The zero-order chi connectivity index (χ0) is 15.4. The van der Waals surface area contributed by atoms with E-state index in [-0.39, 0.29) is 12.1 Å². The second-order valence-electron chi connectivity index (χ2n) is 3.77. The summed E-state index contributed by atoms with van der Waals surface area (Å²) in [4.78, 5) is 33.0. The molecule has 0 bridgehead atoms. The maximum absolute atomic E-state index is 13.3. The third kappa shape index (κ3) is 3.70. The van der Waals surface area contributed by atoms with Crippen molar-refractivity contribution in [2.45, 2.75) is 12.5 Å². The van der Waals surface area contributed by atoms with Gasteiger partial charge in [-0.3, -0.25) is 14.4 Å². The molecule has 2 amide bonds. The molecule has 0 aliphatic rings. The molecule has 108 valence electrons. The molecular formula is C11H9F3N2O4. The summed E-state index contributed by atoms with van der Waals surface area (Å²) < 4.78 is 39.3. The van der Waals surface area contributed by atoms with Crippen LogP contribution in [0.25, 0.3) is 0 Å². The summed E-state index contributed by atoms with van der Waals surface area (Å²) in [6.07, 6.45) is -0.856. The average Bonchev–Trinajstić information content (AvgIpc) is 2.25. The molecule has 1 aromatic rings. The fourth-order valence-electron chi connectivity index (χ4n) is 1.39. The number of benzene rings is 1. The largest absolute Gasteiger partial charge is 0.481 e. The lowest BCUT2D eigenvalue weighted by Gasteiger charge is -2.14. The van der Waals surface area contributed by atoms with Crippen molar-refractivity contribution in [2.75, 3.05) is 0 Å². The third-order valence-corrected chi connectivity index (χ3v) is 2.26. The van der Waals surface area contributed by atoms with Crippen LogP contribution in [0.1, 0.15) is 16.8 Å². The van der Waals surface area contributed by atoms with Gasteiger partial charge in [0.2, 0.25) is 5.91 Å². The van der Waals surface area contributed by atoms with E-state index in [4.69, 9.17) is 10.8 Å². The maximum atomic E-state index is 13.3. The van der Waals surface area contributed by atoms with E-state index >= 15 is 0 Å². The Bertz CT molecular complexity index is 554. The van der Waals surface area contributed by atoms with E-state index in [1.54, 1.807) is 5.32 Å². The van der Waals surface area contributed by atoms with Gasteiger partial charge in [-0.25, -0.2) is 13.2 Å². The highest BCUT2D eigenvalue weighted by Gasteiger charge is 2.25. The molecule has 20 heavy (non-hydrogen) atoms. The van der Waals surface area contributed by atoms with E-state index in [0.717, 1.165) is 0 Å². The fourth-order valence-corrected chi connectivity index (χ4v) is 1.39. The maximum Gasteiger partial charge on any atom is 0.305 e. The number of carboxylic acids is 1. The highest BCUT2D eigenvalue weighted by atomic mass is 19.1. The van der Waals surface area contributed by atoms with E-state index in [0.29, 0.717) is 0 Å². The summed E-state index contributed by atoms with van der Waals surface area (Å²) in [5.74, 6) is -8.26. The molecule has 1 aromatic carbocycles. The molecule has 0 aliphatic carbocycles. The predicted octanol–water partition coefficient (Wildman–Crippen LogP) is 0.162. The Morgan fingerprint density at radius 1 is 1.20 bits per heavy atom. The lowest BCUT2D eigenvalue weighted by molar-refractivity contribution is -0.139. The number of carboxylic acid groups (broad SMARTS) is 1. The monoisotopic (exact) mass is 290 g/mol. The van der Waals surface area contributed by atoms with Gasteiger partial charge in [0.25, 0.3) is 5.91 Å². The van der Waals surface area contributed by atoms with Crippen molar-refractivity contribution < 1.29 is 32.7 Å². The Labute approximate surface area is 110 Å². The van der Waals surface area contributed by atoms with Gasteiger partial charge in [-0.1, -0.05) is 0 Å². The van der Waals surface area contributed by atoms with Crippen LogP contribution >= 0.6 is 0 Å². The van der Waals surface area contributed by atoms with Crippen LogP contribution in [-0.4, -0.2) is 28.9 Å². The molecule has 0 aliphatic heterocycles. The Balaban J connectivity index is 3.01. The van der Waals surface area contributed by atoms with E-state index in [1.807, 2.05) is 0 Å². The number of carbonyl (C=O) groups excluding carboxylic acids is 2. The van der Waals surface area contributed by atoms with Crippen LogP contribution in [0.3, 0.4) is 0 Å². The number of carbonyl (C=O) groups is 3. The van der Waals surface area contributed by atoms with Crippen molar-refractivity contribution in [3.8, 4) is 0 Å². The summed E-state index contributed by atoms with van der Waals surface area (Å²) in [5, 5.41) is 10.3. The van der Waals surface area contributed by atoms with Crippen LogP contribution < -0.4 is 11.1 Å². The molecule has 0 saturated heterocycles. The van der Waals surface area contributed by atoms with Gasteiger partial charge in [0.05, 0.1) is 6.42 Å². The second kappa shape index (κ2) is 6.04. The fraction of sp³-hybridized carbons (Fsp3) is 0.182. The van der Waals surface area contributed by atoms with E-state index < -0.39 is 53.3 Å². The first kappa shape index (κ1) is 15.5. The first-order valence-corrected chi connectivity index (χ1v) is 5.19. The van der Waals surface area contributed by atoms with Crippen LogP contribution in [0.5, 0.6) is 0 Å². The van der Waals surface area contributed by atoms with Gasteiger partial charge in [0.15, 0.2) is 0 Å². The van der Waals surface area contributed by atoms with Crippen LogP contribution in [0.2, 0.25) is 0 Å². The van der Waals surface area contributed by atoms with Gasteiger partial charge in [-0.2, -0.15) is 0 Å². The Morgan fingerprint density at radius 3 is 2.10 bits per heavy atom. The normalized spacial score (nSPS) is 11.8. The lowest BCUT2D eigenvalue weighted by Crippen LogP contribution is -2.46. The van der Waals surface area contributed by atoms with Crippen molar-refractivity contribution in [1.82, 2.24) is 5.32 Å². The quantitative estimate of drug-likeness (QED) is 0.717. The molecule has 1 atom stereocenters. The predicted molar refractivity (Wildman–Crippen MR) is 59.0 cm³/mol. The molecule has 1 rings (SSSR count). The minimum absolute atomic E-state index is 0.272. The first-order chi connectivity index (χ1) is 9.22. The molecule has 0 radical (unpaired) electrons. The van der Waals surface area contributed by atoms with Crippen LogP contribution in [0.4, 0.5) is 13.2 Å². The number of nitrogens with two attached hydrogens (primary N) is 1. The summed E-state index contributed by atoms with van der Waals surface area (Å²) in [6, 6.07) is -1.10. The third-order valence-electron chi connectivity index (χ3n) is 2.26. The molecule has 0 spiro atoms. The molecule has 0 unspecified atom stereocenters. The minimum Gasteiger partial charge on any atom is -0.481 e. The second-order valence-corrected chi connectivity index (χ2v) is 3.77. The number of nitrogens with one attached hydrogen (secondary N) is 1. The summed E-state index contributed by atoms with van der Waals surface area (Å²) in [6.45, 7) is 0. The Morgan fingerprint density at radius 2 is 1.70 bits per heavy atom. The summed E-state index contributed by atoms with van der Waals surface area (Å²) in [7, 11) is 0. The van der Waals surface area contributed by atoms with Gasteiger partial charge >= 0.3 is 5.97 Å². The van der Waals surface area contributed by atoms with Crippen molar-refractivity contribution >= 4 is 17.8 Å². The number of halogens is 3. The van der Waals surface area contributed by atoms with Crippen LogP contribution in [0, 0.1) is 17.5 Å². The van der Waals surface area contributed by atoms with E-state index in [9.17, 15) is 27.6 Å². The number of aliphatic carboxylic acids is 1. The number of hydrogen-bond donors (Lipinski definition) is 3. The van der Waals surface area contributed by atoms with Crippen molar-refractivity contribution in [3.05, 3.63) is 35.1 Å². The van der Waals surface area contributed by atoms with Gasteiger partial charge in [-0.15, -0.1) is 0 Å². The zero-order valence-electron chi connectivity index (χ0n) is 9.82. The summed E-state index contributed by atoms with van der Waals surface area (Å²) >= 11 is 0. The molecule has 0 aromatic heterocycles. The van der Waals surface area contributed by atoms with Crippen molar-refractivity contribution in [3.63, 3.8) is 0 Å². The topological polar surface area (TPSA) is 109 Å². The van der Waals surface area contributed by atoms with E-state index in [1.165, 1.54) is 0 Å². The van der Waals surface area contributed by atoms with Crippen molar-refractivity contribution in [2.24, 2.45) is 5.73 Å². The number of amides is 2. The molecular weight excluding hydrogens is 281 g/mol. The smallest absolute Gasteiger partial charge is 0.305 e. The highest BCUT2D eigenvalue weighted by molar-refractivity contribution is 5.98. The molecule has 9 heteroatoms. The minimum atomic E-state index is -1.65. The van der Waals surface area contributed by atoms with Gasteiger partial charge in [0.1, 0.15) is 29.1 Å². The summed E-state index contributed by atoms with van der Waals surface area (Å²) in [5.41, 5.74) is 3.71. The van der Waals surface area contributed by atoms with Gasteiger partial charge in [-0.05, 0) is 0 Å². The van der Waals surface area contributed by atoms with Crippen LogP contribution in [0.15, 0.2) is 12.1 Å². The Hall–Kier alpha value is -2.58. The van der Waals surface area contributed by atoms with Crippen LogP contribution in [-0.2, 0) is 9.59 Å². The Kier molecular flexibility index (Phi) is 4.68. The molecule has 4 N–H and O–H groups in total. The standard InChI is InChI=1S/C11H9F3N2O4/c12-4-1-5(13)9(6(14)2-4)11(20)16-7(10(15)19)3-8(17)18/h1-2,7H,3H2,(H2,15,19)(H,16,20)(H,17,18)/t7-/m1/s1. The first-order valence-electron chi connectivity index (χ1n) is 5.19. The average molecular weight is 290 g/mol.